The van der Waals surface area contributed by atoms with Gasteiger partial charge in [0.2, 0.25) is 0 Å². The highest BCUT2D eigenvalue weighted by Gasteiger charge is 2.22. The van der Waals surface area contributed by atoms with E-state index in [1.807, 2.05) is 6.07 Å². The summed E-state index contributed by atoms with van der Waals surface area (Å²) in [6.07, 6.45) is 4.34. The first kappa shape index (κ1) is 8.51. The van der Waals surface area contributed by atoms with Crippen molar-refractivity contribution in [2.24, 2.45) is 0 Å². The molecule has 0 amide bonds. The number of hydrogen-bond acceptors (Lipinski definition) is 2. The number of nitrogens with one attached hydrogen (secondary N) is 1. The maximum Gasteiger partial charge on any atom is 0.140 e. The molecule has 0 aromatic carbocycles. The molecule has 1 heterocycles. The number of aromatic nitrogens is 1. The number of hydrogen-bond donors (Lipinski definition) is 1. The lowest BCUT2D eigenvalue weighted by molar-refractivity contribution is 1.10. The van der Waals surface area contributed by atoms with Crippen LogP contribution < -0.4 is 5.32 Å². The summed E-state index contributed by atoms with van der Waals surface area (Å²) < 4.78 is 2.01. The molecule has 1 saturated carbocycles. The second kappa shape index (κ2) is 3.34. The van der Waals surface area contributed by atoms with Crippen molar-refractivity contribution >= 4 is 37.7 Å². The molecule has 12 heavy (non-hydrogen) atoms. The summed E-state index contributed by atoms with van der Waals surface area (Å²) in [6, 6.07) is 2.65. The van der Waals surface area contributed by atoms with Gasteiger partial charge in [-0.1, -0.05) is 0 Å². The zero-order valence-corrected chi connectivity index (χ0v) is 9.52. The largest absolute Gasteiger partial charge is 0.366 e. The van der Waals surface area contributed by atoms with Crippen LogP contribution in [0, 0.1) is 0 Å². The molecule has 4 heteroatoms. The van der Waals surface area contributed by atoms with E-state index < -0.39 is 0 Å². The Morgan fingerprint density at radius 3 is 2.75 bits per heavy atom. The predicted molar refractivity (Wildman–Crippen MR) is 56.3 cm³/mol. The summed E-state index contributed by atoms with van der Waals surface area (Å²) in [5.41, 5.74) is 0. The van der Waals surface area contributed by atoms with Crippen molar-refractivity contribution in [1.29, 1.82) is 0 Å². The molecule has 1 aromatic heterocycles. The second-order valence-corrected chi connectivity index (χ2v) is 4.67. The summed E-state index contributed by atoms with van der Waals surface area (Å²) in [5, 5.41) is 3.33. The van der Waals surface area contributed by atoms with Gasteiger partial charge in [-0.3, -0.25) is 0 Å². The van der Waals surface area contributed by atoms with Gasteiger partial charge in [0.15, 0.2) is 0 Å². The van der Waals surface area contributed by atoms with Crippen molar-refractivity contribution in [1.82, 2.24) is 4.98 Å². The zero-order valence-electron chi connectivity index (χ0n) is 6.35. The Kier molecular flexibility index (Phi) is 2.37. The van der Waals surface area contributed by atoms with Crippen molar-refractivity contribution in [2.45, 2.75) is 18.9 Å². The van der Waals surface area contributed by atoms with Crippen LogP contribution in [0.4, 0.5) is 5.82 Å². The summed E-state index contributed by atoms with van der Waals surface area (Å²) >= 11 is 6.81. The lowest BCUT2D eigenvalue weighted by Gasteiger charge is -2.05. The smallest absolute Gasteiger partial charge is 0.140 e. The van der Waals surface area contributed by atoms with E-state index in [1.165, 1.54) is 12.8 Å². The fraction of sp³-hybridized carbons (Fsp3) is 0.375. The predicted octanol–water partition coefficient (Wildman–Crippen LogP) is 3.18. The third-order valence-electron chi connectivity index (χ3n) is 1.73. The van der Waals surface area contributed by atoms with Gasteiger partial charge in [0, 0.05) is 16.7 Å². The number of nitrogens with zero attached hydrogens (tertiary/aromatic N) is 1. The lowest BCUT2D eigenvalue weighted by atomic mass is 10.4. The van der Waals surface area contributed by atoms with Crippen LogP contribution in [0.1, 0.15) is 12.8 Å². The Labute approximate surface area is 88.0 Å². The molecule has 2 rings (SSSR count). The van der Waals surface area contributed by atoms with Crippen LogP contribution in [0.25, 0.3) is 0 Å². The highest BCUT2D eigenvalue weighted by Crippen LogP contribution is 2.29. The Balaban J connectivity index is 2.18. The van der Waals surface area contributed by atoms with E-state index in [0.717, 1.165) is 14.8 Å². The van der Waals surface area contributed by atoms with Gasteiger partial charge in [-0.15, -0.1) is 0 Å². The molecule has 0 spiro atoms. The normalized spacial score (nSPS) is 16.2. The van der Waals surface area contributed by atoms with Gasteiger partial charge < -0.3 is 5.32 Å². The fourth-order valence-electron chi connectivity index (χ4n) is 0.942. The molecular weight excluding hydrogens is 284 g/mol. The van der Waals surface area contributed by atoms with E-state index in [0.29, 0.717) is 6.04 Å². The van der Waals surface area contributed by atoms with Crippen molar-refractivity contribution in [3.05, 3.63) is 21.2 Å². The third-order valence-corrected chi connectivity index (χ3v) is 2.76. The van der Waals surface area contributed by atoms with E-state index in [9.17, 15) is 0 Å². The maximum absolute atomic E-state index is 4.25. The molecule has 0 atom stereocenters. The molecular formula is C8H8Br2N2. The van der Waals surface area contributed by atoms with Crippen LogP contribution in [-0.4, -0.2) is 11.0 Å². The van der Waals surface area contributed by atoms with Crippen LogP contribution in [0.5, 0.6) is 0 Å². The highest BCUT2D eigenvalue weighted by molar-refractivity contribution is 9.11. The average molecular weight is 292 g/mol. The number of rotatable bonds is 2. The van der Waals surface area contributed by atoms with E-state index in [2.05, 4.69) is 42.2 Å². The van der Waals surface area contributed by atoms with Crippen molar-refractivity contribution in [3.63, 3.8) is 0 Å². The first-order chi connectivity index (χ1) is 5.75. The van der Waals surface area contributed by atoms with Gasteiger partial charge in [0.05, 0.1) is 4.47 Å². The van der Waals surface area contributed by atoms with Crippen molar-refractivity contribution in [2.75, 3.05) is 5.32 Å². The Hall–Kier alpha value is -0.0900. The van der Waals surface area contributed by atoms with E-state index in [4.69, 9.17) is 0 Å². The van der Waals surface area contributed by atoms with Crippen LogP contribution >= 0.6 is 31.9 Å². The minimum atomic E-state index is 0.648. The summed E-state index contributed by atoms with van der Waals surface area (Å²) in [4.78, 5) is 4.25. The second-order valence-electron chi connectivity index (χ2n) is 2.90. The molecule has 2 nitrogen and oxygen atoms in total. The molecule has 1 fully saturated rings. The van der Waals surface area contributed by atoms with Crippen molar-refractivity contribution < 1.29 is 0 Å². The summed E-state index contributed by atoms with van der Waals surface area (Å²) in [6.45, 7) is 0. The van der Waals surface area contributed by atoms with E-state index in [-0.39, 0.29) is 0 Å². The molecule has 64 valence electrons. The number of halogens is 2. The monoisotopic (exact) mass is 290 g/mol. The number of pyridine rings is 1. The van der Waals surface area contributed by atoms with E-state index >= 15 is 0 Å². The van der Waals surface area contributed by atoms with Gasteiger partial charge in [-0.05, 0) is 50.8 Å². The Bertz CT molecular complexity index is 297. The van der Waals surface area contributed by atoms with Crippen LogP contribution in [0.15, 0.2) is 21.2 Å². The van der Waals surface area contributed by atoms with Gasteiger partial charge in [0.25, 0.3) is 0 Å². The molecule has 0 saturated heterocycles. The van der Waals surface area contributed by atoms with Gasteiger partial charge in [-0.25, -0.2) is 4.98 Å². The SMILES string of the molecule is Brc1cnc(NC2CC2)c(Br)c1. The first-order valence-electron chi connectivity index (χ1n) is 3.83. The van der Waals surface area contributed by atoms with Gasteiger partial charge in [-0.2, -0.15) is 0 Å². The average Bonchev–Trinajstić information content (AvgIpc) is 2.79. The molecule has 1 N–H and O–H groups in total. The van der Waals surface area contributed by atoms with Crippen LogP contribution in [0.2, 0.25) is 0 Å². The Morgan fingerprint density at radius 2 is 2.17 bits per heavy atom. The Morgan fingerprint density at radius 1 is 1.42 bits per heavy atom. The van der Waals surface area contributed by atoms with Crippen molar-refractivity contribution in [3.8, 4) is 0 Å². The third kappa shape index (κ3) is 1.98. The fourth-order valence-corrected chi connectivity index (χ4v) is 2.04. The maximum atomic E-state index is 4.25. The van der Waals surface area contributed by atoms with E-state index in [1.54, 1.807) is 6.20 Å². The lowest BCUT2D eigenvalue weighted by Crippen LogP contribution is -2.03. The first-order valence-corrected chi connectivity index (χ1v) is 5.42. The zero-order chi connectivity index (χ0) is 8.55. The molecule has 0 radical (unpaired) electrons. The van der Waals surface area contributed by atoms with Crippen LogP contribution in [0.3, 0.4) is 0 Å². The summed E-state index contributed by atoms with van der Waals surface area (Å²) in [5.74, 6) is 0.945. The highest BCUT2D eigenvalue weighted by atomic mass is 79.9. The molecule has 0 aliphatic heterocycles. The minimum Gasteiger partial charge on any atom is -0.366 e. The minimum absolute atomic E-state index is 0.648. The van der Waals surface area contributed by atoms with Crippen LogP contribution in [-0.2, 0) is 0 Å². The quantitative estimate of drug-likeness (QED) is 0.905. The standard InChI is InChI=1S/C8H8Br2N2/c9-5-3-7(10)8(11-4-5)12-6-1-2-6/h3-4,6H,1-2H2,(H,11,12). The molecule has 1 aliphatic carbocycles. The molecule has 1 aliphatic rings. The number of anilines is 1. The topological polar surface area (TPSA) is 24.9 Å². The summed E-state index contributed by atoms with van der Waals surface area (Å²) in [7, 11) is 0. The molecule has 0 bridgehead atoms. The molecule has 1 aromatic rings. The molecule has 0 unspecified atom stereocenters. The van der Waals surface area contributed by atoms with Gasteiger partial charge >= 0.3 is 0 Å². The van der Waals surface area contributed by atoms with Gasteiger partial charge in [0.1, 0.15) is 5.82 Å².